The van der Waals surface area contributed by atoms with Crippen LogP contribution in [0.25, 0.3) is 0 Å². The minimum absolute atomic E-state index is 0.0864. The molecule has 0 aliphatic rings. The Kier molecular flexibility index (Phi) is 6.30. The number of hydrogen-bond donors (Lipinski definition) is 1. The maximum atomic E-state index is 12.5. The first-order valence-corrected chi connectivity index (χ1v) is 8.14. The zero-order valence-corrected chi connectivity index (χ0v) is 15.3. The molecule has 1 aromatic carbocycles. The smallest absolute Gasteiger partial charge is 0.261 e. The molecule has 3 nitrogen and oxygen atoms in total. The predicted molar refractivity (Wildman–Crippen MR) is 92.5 cm³/mol. The van der Waals surface area contributed by atoms with E-state index in [4.69, 9.17) is 16.3 Å². The number of nitrogens with one attached hydrogen (secondary N) is 1. The summed E-state index contributed by atoms with van der Waals surface area (Å²) in [5.41, 5.74) is -0.132. The molecular weight excluding hydrogens is 298 g/mol. The number of carbonyl (C=O) groups is 1. The molecule has 1 rings (SSSR count). The number of halogens is 1. The third-order valence-corrected chi connectivity index (χ3v) is 3.41. The van der Waals surface area contributed by atoms with Crippen LogP contribution in [0.4, 0.5) is 0 Å². The Labute approximate surface area is 139 Å². The van der Waals surface area contributed by atoms with Crippen molar-refractivity contribution >= 4 is 17.5 Å². The monoisotopic (exact) mass is 325 g/mol. The highest BCUT2D eigenvalue weighted by molar-refractivity contribution is 6.30. The van der Waals surface area contributed by atoms with Crippen molar-refractivity contribution in [2.45, 2.75) is 66.0 Å². The Balaban J connectivity index is 2.72. The Morgan fingerprint density at radius 1 is 1.27 bits per heavy atom. The van der Waals surface area contributed by atoms with E-state index in [1.54, 1.807) is 12.1 Å². The van der Waals surface area contributed by atoms with E-state index in [0.717, 1.165) is 6.42 Å². The SMILES string of the molecule is CCC(Oc1cccc(Cl)c1)C(=O)NC(C)(C)CC(C)(C)C. The zero-order valence-electron chi connectivity index (χ0n) is 14.5. The fourth-order valence-corrected chi connectivity index (χ4v) is 2.99. The third-order valence-electron chi connectivity index (χ3n) is 3.17. The highest BCUT2D eigenvalue weighted by Gasteiger charge is 2.30. The van der Waals surface area contributed by atoms with Crippen molar-refractivity contribution in [3.8, 4) is 5.75 Å². The van der Waals surface area contributed by atoms with Crippen molar-refractivity contribution in [1.29, 1.82) is 0 Å². The number of carbonyl (C=O) groups excluding carboxylic acids is 1. The molecular formula is C18H28ClNO2. The van der Waals surface area contributed by atoms with Crippen LogP contribution in [0, 0.1) is 5.41 Å². The molecule has 1 amide bonds. The summed E-state index contributed by atoms with van der Waals surface area (Å²) >= 11 is 5.95. The number of hydrogen-bond acceptors (Lipinski definition) is 2. The maximum Gasteiger partial charge on any atom is 0.261 e. The van der Waals surface area contributed by atoms with E-state index in [-0.39, 0.29) is 16.9 Å². The lowest BCUT2D eigenvalue weighted by Crippen LogP contribution is -2.50. The molecule has 0 aliphatic carbocycles. The topological polar surface area (TPSA) is 38.3 Å². The molecule has 0 heterocycles. The van der Waals surface area contributed by atoms with Crippen LogP contribution in [-0.4, -0.2) is 17.6 Å². The third kappa shape index (κ3) is 6.69. The van der Waals surface area contributed by atoms with Gasteiger partial charge in [0.25, 0.3) is 5.91 Å². The molecule has 0 aliphatic heterocycles. The lowest BCUT2D eigenvalue weighted by atomic mass is 9.81. The maximum absolute atomic E-state index is 12.5. The second-order valence-electron chi connectivity index (χ2n) is 7.58. The summed E-state index contributed by atoms with van der Waals surface area (Å²) in [6.07, 6.45) is 0.973. The first-order chi connectivity index (χ1) is 10.0. The van der Waals surface area contributed by atoms with Crippen molar-refractivity contribution in [2.24, 2.45) is 5.41 Å². The Bertz CT molecular complexity index is 506. The Morgan fingerprint density at radius 3 is 2.41 bits per heavy atom. The van der Waals surface area contributed by atoms with Gasteiger partial charge in [-0.05, 0) is 50.3 Å². The molecule has 0 bridgehead atoms. The van der Waals surface area contributed by atoms with Crippen LogP contribution in [0.15, 0.2) is 24.3 Å². The van der Waals surface area contributed by atoms with Crippen LogP contribution in [0.2, 0.25) is 5.02 Å². The van der Waals surface area contributed by atoms with Gasteiger partial charge in [-0.25, -0.2) is 0 Å². The largest absolute Gasteiger partial charge is 0.481 e. The number of ether oxygens (including phenoxy) is 1. The van der Waals surface area contributed by atoms with Crippen LogP contribution < -0.4 is 10.1 Å². The van der Waals surface area contributed by atoms with Crippen molar-refractivity contribution in [3.05, 3.63) is 29.3 Å². The molecule has 4 heteroatoms. The molecule has 0 radical (unpaired) electrons. The van der Waals surface area contributed by atoms with Crippen molar-refractivity contribution in [1.82, 2.24) is 5.32 Å². The molecule has 0 aromatic heterocycles. The average molecular weight is 326 g/mol. The first-order valence-electron chi connectivity index (χ1n) is 7.77. The highest BCUT2D eigenvalue weighted by Crippen LogP contribution is 2.27. The fraction of sp³-hybridized carbons (Fsp3) is 0.611. The van der Waals surface area contributed by atoms with E-state index in [2.05, 4.69) is 26.1 Å². The van der Waals surface area contributed by atoms with Gasteiger partial charge in [-0.15, -0.1) is 0 Å². The minimum atomic E-state index is -0.516. The molecule has 0 saturated heterocycles. The van der Waals surface area contributed by atoms with Gasteiger partial charge in [0.2, 0.25) is 0 Å². The van der Waals surface area contributed by atoms with Gasteiger partial charge in [0.05, 0.1) is 0 Å². The van der Waals surface area contributed by atoms with Crippen LogP contribution in [-0.2, 0) is 4.79 Å². The molecule has 124 valence electrons. The summed E-state index contributed by atoms with van der Waals surface area (Å²) in [6, 6.07) is 7.12. The molecule has 1 N–H and O–H groups in total. The van der Waals surface area contributed by atoms with E-state index in [9.17, 15) is 4.79 Å². The van der Waals surface area contributed by atoms with Crippen LogP contribution in [0.5, 0.6) is 5.75 Å². The average Bonchev–Trinajstić information content (AvgIpc) is 2.32. The highest BCUT2D eigenvalue weighted by atomic mass is 35.5. The van der Waals surface area contributed by atoms with Crippen molar-refractivity contribution in [3.63, 3.8) is 0 Å². The predicted octanol–water partition coefficient (Wildman–Crippen LogP) is 4.83. The number of rotatable bonds is 6. The molecule has 0 spiro atoms. The van der Waals surface area contributed by atoms with Crippen molar-refractivity contribution < 1.29 is 9.53 Å². The molecule has 0 fully saturated rings. The van der Waals surface area contributed by atoms with Gasteiger partial charge < -0.3 is 10.1 Å². The number of amides is 1. The Hall–Kier alpha value is -1.22. The van der Waals surface area contributed by atoms with E-state index >= 15 is 0 Å². The fourth-order valence-electron chi connectivity index (χ4n) is 2.81. The summed E-state index contributed by atoms with van der Waals surface area (Å²) in [5.74, 6) is 0.528. The molecule has 1 aromatic rings. The van der Waals surface area contributed by atoms with Crippen LogP contribution in [0.1, 0.15) is 54.4 Å². The lowest BCUT2D eigenvalue weighted by Gasteiger charge is -2.34. The van der Waals surface area contributed by atoms with Gasteiger partial charge in [-0.3, -0.25) is 4.79 Å². The molecule has 1 atom stereocenters. The molecule has 22 heavy (non-hydrogen) atoms. The van der Waals surface area contributed by atoms with Gasteiger partial charge >= 0.3 is 0 Å². The van der Waals surface area contributed by atoms with Gasteiger partial charge in [0.15, 0.2) is 6.10 Å². The van der Waals surface area contributed by atoms with Crippen LogP contribution >= 0.6 is 11.6 Å². The molecule has 1 unspecified atom stereocenters. The lowest BCUT2D eigenvalue weighted by molar-refractivity contribution is -0.130. The van der Waals surface area contributed by atoms with Gasteiger partial charge in [-0.2, -0.15) is 0 Å². The van der Waals surface area contributed by atoms with Crippen molar-refractivity contribution in [2.75, 3.05) is 0 Å². The normalized spacial score (nSPS) is 13.6. The van der Waals surface area contributed by atoms with E-state index in [1.165, 1.54) is 0 Å². The van der Waals surface area contributed by atoms with Gasteiger partial charge in [0.1, 0.15) is 5.75 Å². The number of benzene rings is 1. The van der Waals surface area contributed by atoms with E-state index < -0.39 is 6.10 Å². The quantitative estimate of drug-likeness (QED) is 0.813. The summed E-state index contributed by atoms with van der Waals surface area (Å²) in [5, 5.41) is 3.70. The minimum Gasteiger partial charge on any atom is -0.481 e. The Morgan fingerprint density at radius 2 is 1.91 bits per heavy atom. The van der Waals surface area contributed by atoms with E-state index in [0.29, 0.717) is 17.2 Å². The first kappa shape index (κ1) is 18.8. The summed E-state index contributed by atoms with van der Waals surface area (Å²) < 4.78 is 5.79. The second-order valence-corrected chi connectivity index (χ2v) is 8.02. The molecule has 0 saturated carbocycles. The van der Waals surface area contributed by atoms with E-state index in [1.807, 2.05) is 32.9 Å². The van der Waals surface area contributed by atoms with Crippen LogP contribution in [0.3, 0.4) is 0 Å². The summed E-state index contributed by atoms with van der Waals surface area (Å²) in [6.45, 7) is 12.5. The second kappa shape index (κ2) is 7.36. The summed E-state index contributed by atoms with van der Waals surface area (Å²) in [7, 11) is 0. The zero-order chi connectivity index (χ0) is 17.0. The van der Waals surface area contributed by atoms with Gasteiger partial charge in [0, 0.05) is 10.6 Å². The summed E-state index contributed by atoms with van der Waals surface area (Å²) in [4.78, 5) is 12.5. The van der Waals surface area contributed by atoms with Gasteiger partial charge in [-0.1, -0.05) is 45.4 Å². The standard InChI is InChI=1S/C18H28ClNO2/c1-7-15(22-14-10-8-9-13(19)11-14)16(21)20-18(5,6)12-17(2,3)4/h8-11,15H,7,12H2,1-6H3,(H,20,21).